The third-order valence-corrected chi connectivity index (χ3v) is 5.23. The Bertz CT molecular complexity index is 1250. The van der Waals surface area contributed by atoms with E-state index in [0.717, 1.165) is 28.4 Å². The first-order valence-corrected chi connectivity index (χ1v) is 10.2. The van der Waals surface area contributed by atoms with Gasteiger partial charge >= 0.3 is 5.97 Å². The fourth-order valence-electron chi connectivity index (χ4n) is 3.51. The Balaban J connectivity index is 1.51. The maximum Gasteiger partial charge on any atom is 0.352 e. The largest absolute Gasteiger partial charge is 0.477 e. The molecule has 0 atom stereocenters. The van der Waals surface area contributed by atoms with Gasteiger partial charge in [0.05, 0.1) is 0 Å². The predicted molar refractivity (Wildman–Crippen MR) is 121 cm³/mol. The summed E-state index contributed by atoms with van der Waals surface area (Å²) >= 11 is 6.04. The van der Waals surface area contributed by atoms with Crippen LogP contribution < -0.4 is 5.32 Å². The summed E-state index contributed by atoms with van der Waals surface area (Å²) in [6, 6.07) is 19.7. The number of aromatic nitrogens is 1. The minimum atomic E-state index is -1.01. The SMILES string of the molecule is O=C(O)c1cc(-c2ccc(NCc3cc(F)cc(F)c3)cc2)cn1Cc1cccc(Cl)c1. The van der Waals surface area contributed by atoms with Crippen molar-refractivity contribution in [2.24, 2.45) is 0 Å². The van der Waals surface area contributed by atoms with E-state index in [1.54, 1.807) is 29.0 Å². The first kappa shape index (κ1) is 21.6. The zero-order valence-electron chi connectivity index (χ0n) is 16.9. The van der Waals surface area contributed by atoms with Crippen LogP contribution in [0.4, 0.5) is 14.5 Å². The summed E-state index contributed by atoms with van der Waals surface area (Å²) in [6.07, 6.45) is 1.79. The summed E-state index contributed by atoms with van der Waals surface area (Å²) in [5, 5.41) is 13.3. The molecule has 162 valence electrons. The third kappa shape index (κ3) is 5.15. The van der Waals surface area contributed by atoms with Crippen molar-refractivity contribution < 1.29 is 18.7 Å². The van der Waals surface area contributed by atoms with Gasteiger partial charge in [0.2, 0.25) is 0 Å². The first-order valence-electron chi connectivity index (χ1n) is 9.84. The number of hydrogen-bond acceptors (Lipinski definition) is 2. The monoisotopic (exact) mass is 452 g/mol. The van der Waals surface area contributed by atoms with Gasteiger partial charge in [-0.15, -0.1) is 0 Å². The summed E-state index contributed by atoms with van der Waals surface area (Å²) in [6.45, 7) is 0.652. The fraction of sp³-hybridized carbons (Fsp3) is 0.0800. The molecule has 1 aromatic heterocycles. The van der Waals surface area contributed by atoms with Crippen molar-refractivity contribution in [1.82, 2.24) is 4.57 Å². The van der Waals surface area contributed by atoms with E-state index in [9.17, 15) is 18.7 Å². The number of benzene rings is 3. The van der Waals surface area contributed by atoms with Crippen LogP contribution in [-0.4, -0.2) is 15.6 Å². The fourth-order valence-corrected chi connectivity index (χ4v) is 3.72. The molecule has 0 aliphatic heterocycles. The number of anilines is 1. The van der Waals surface area contributed by atoms with Gasteiger partial charge in [-0.25, -0.2) is 13.6 Å². The van der Waals surface area contributed by atoms with E-state index in [1.807, 2.05) is 36.4 Å². The van der Waals surface area contributed by atoms with Gasteiger partial charge < -0.3 is 15.0 Å². The van der Waals surface area contributed by atoms with E-state index < -0.39 is 17.6 Å². The highest BCUT2D eigenvalue weighted by molar-refractivity contribution is 6.30. The normalized spacial score (nSPS) is 10.8. The molecule has 0 unspecified atom stereocenters. The lowest BCUT2D eigenvalue weighted by Gasteiger charge is -2.08. The van der Waals surface area contributed by atoms with E-state index in [0.29, 0.717) is 17.1 Å². The molecule has 4 rings (SSSR count). The van der Waals surface area contributed by atoms with E-state index >= 15 is 0 Å². The molecule has 0 spiro atoms. The van der Waals surface area contributed by atoms with Crippen LogP contribution in [0.2, 0.25) is 5.02 Å². The Morgan fingerprint density at radius 2 is 1.62 bits per heavy atom. The Kier molecular flexibility index (Phi) is 6.23. The number of carbonyl (C=O) groups is 1. The van der Waals surface area contributed by atoms with Crippen LogP contribution in [0.5, 0.6) is 0 Å². The van der Waals surface area contributed by atoms with Crippen LogP contribution in [0.3, 0.4) is 0 Å². The van der Waals surface area contributed by atoms with Crippen molar-refractivity contribution in [2.45, 2.75) is 13.1 Å². The van der Waals surface area contributed by atoms with Gasteiger partial charge in [0.25, 0.3) is 0 Å². The second-order valence-corrected chi connectivity index (χ2v) is 7.82. The number of rotatable bonds is 7. The van der Waals surface area contributed by atoms with Gasteiger partial charge in [0, 0.05) is 41.6 Å². The maximum atomic E-state index is 13.3. The van der Waals surface area contributed by atoms with Gasteiger partial charge in [-0.2, -0.15) is 0 Å². The first-order chi connectivity index (χ1) is 15.4. The van der Waals surface area contributed by atoms with Gasteiger partial charge in [0.15, 0.2) is 0 Å². The number of nitrogens with one attached hydrogen (secondary N) is 1. The van der Waals surface area contributed by atoms with Crippen molar-refractivity contribution in [1.29, 1.82) is 0 Å². The van der Waals surface area contributed by atoms with Crippen molar-refractivity contribution in [3.05, 3.63) is 112 Å². The lowest BCUT2D eigenvalue weighted by Crippen LogP contribution is -2.08. The van der Waals surface area contributed by atoms with Crippen molar-refractivity contribution in [2.75, 3.05) is 5.32 Å². The highest BCUT2D eigenvalue weighted by Gasteiger charge is 2.14. The molecule has 0 radical (unpaired) electrons. The zero-order chi connectivity index (χ0) is 22.7. The summed E-state index contributed by atoms with van der Waals surface area (Å²) in [4.78, 5) is 11.7. The molecule has 0 amide bonds. The molecule has 0 bridgehead atoms. The van der Waals surface area contributed by atoms with Crippen molar-refractivity contribution in [3.63, 3.8) is 0 Å². The average molecular weight is 453 g/mol. The lowest BCUT2D eigenvalue weighted by atomic mass is 10.1. The Labute approximate surface area is 188 Å². The van der Waals surface area contributed by atoms with Crippen LogP contribution in [-0.2, 0) is 13.1 Å². The van der Waals surface area contributed by atoms with Crippen LogP contribution >= 0.6 is 11.6 Å². The lowest BCUT2D eigenvalue weighted by molar-refractivity contribution is 0.0685. The summed E-state index contributed by atoms with van der Waals surface area (Å²) in [5.41, 5.74) is 3.96. The molecule has 0 saturated carbocycles. The summed E-state index contributed by atoms with van der Waals surface area (Å²) in [5.74, 6) is -2.25. The maximum absolute atomic E-state index is 13.3. The summed E-state index contributed by atoms with van der Waals surface area (Å²) < 4.78 is 28.3. The number of nitrogens with zero attached hydrogens (tertiary/aromatic N) is 1. The minimum Gasteiger partial charge on any atom is -0.477 e. The molecule has 32 heavy (non-hydrogen) atoms. The molecule has 2 N–H and O–H groups in total. The number of carboxylic acids is 1. The molecule has 4 nitrogen and oxygen atoms in total. The smallest absolute Gasteiger partial charge is 0.352 e. The number of aromatic carboxylic acids is 1. The molecule has 0 aliphatic rings. The van der Waals surface area contributed by atoms with Gasteiger partial charge in [-0.3, -0.25) is 0 Å². The molecule has 3 aromatic carbocycles. The van der Waals surface area contributed by atoms with Crippen LogP contribution in [0.25, 0.3) is 11.1 Å². The number of carboxylic acid groups (broad SMARTS) is 1. The molecule has 0 saturated heterocycles. The molecule has 1 heterocycles. The van der Waals surface area contributed by atoms with Gasteiger partial charge in [0.1, 0.15) is 17.3 Å². The van der Waals surface area contributed by atoms with Crippen molar-refractivity contribution >= 4 is 23.3 Å². The quantitative estimate of drug-likeness (QED) is 0.339. The predicted octanol–water partition coefficient (Wildman–Crippen LogP) is 6.45. The molecule has 7 heteroatoms. The molecule has 0 fully saturated rings. The topological polar surface area (TPSA) is 54.3 Å². The molecule has 0 aliphatic carbocycles. The highest BCUT2D eigenvalue weighted by Crippen LogP contribution is 2.25. The van der Waals surface area contributed by atoms with Gasteiger partial charge in [-0.1, -0.05) is 35.9 Å². The average Bonchev–Trinajstić information content (AvgIpc) is 3.16. The molecular formula is C25H19ClF2N2O2. The van der Waals surface area contributed by atoms with E-state index in [2.05, 4.69) is 5.32 Å². The summed E-state index contributed by atoms with van der Waals surface area (Å²) in [7, 11) is 0. The van der Waals surface area contributed by atoms with Crippen LogP contribution in [0, 0.1) is 11.6 Å². The highest BCUT2D eigenvalue weighted by atomic mass is 35.5. The number of hydrogen-bond donors (Lipinski definition) is 2. The minimum absolute atomic E-state index is 0.176. The standard InChI is InChI=1S/C25H19ClF2N2O2/c26-20-3-1-2-16(8-20)14-30-15-19(11-24(30)25(31)32)18-4-6-23(7-5-18)29-13-17-9-21(27)12-22(28)10-17/h1-12,15,29H,13-14H2,(H,31,32). The molecular weight excluding hydrogens is 434 g/mol. The van der Waals surface area contributed by atoms with Gasteiger partial charge in [-0.05, 0) is 59.2 Å². The number of halogens is 3. The third-order valence-electron chi connectivity index (χ3n) is 4.99. The Morgan fingerprint density at radius 3 is 2.28 bits per heavy atom. The van der Waals surface area contributed by atoms with Crippen molar-refractivity contribution in [3.8, 4) is 11.1 Å². The van der Waals surface area contributed by atoms with E-state index in [4.69, 9.17) is 11.6 Å². The van der Waals surface area contributed by atoms with Crippen LogP contribution in [0.1, 0.15) is 21.6 Å². The second kappa shape index (κ2) is 9.24. The Morgan fingerprint density at radius 1 is 0.906 bits per heavy atom. The van der Waals surface area contributed by atoms with E-state index in [-0.39, 0.29) is 12.2 Å². The van der Waals surface area contributed by atoms with Crippen LogP contribution in [0.15, 0.2) is 79.0 Å². The molecule has 4 aromatic rings. The second-order valence-electron chi connectivity index (χ2n) is 7.39. The Hall–Kier alpha value is -3.64. The zero-order valence-corrected chi connectivity index (χ0v) is 17.6. The van der Waals surface area contributed by atoms with E-state index in [1.165, 1.54) is 12.1 Å².